The highest BCUT2D eigenvalue weighted by atomic mass is 14.3. The van der Waals surface area contributed by atoms with Gasteiger partial charge in [0.2, 0.25) is 0 Å². The molecule has 1 aliphatic carbocycles. The Balaban J connectivity index is 2.77. The van der Waals surface area contributed by atoms with E-state index in [4.69, 9.17) is 0 Å². The van der Waals surface area contributed by atoms with Crippen molar-refractivity contribution in [1.82, 2.24) is 0 Å². The molecule has 0 aromatic rings. The van der Waals surface area contributed by atoms with E-state index in [0.717, 1.165) is 0 Å². The average molecular weight is 149 g/mol. The molecule has 0 saturated heterocycles. The largest absolute Gasteiger partial charge is 0.0735 e. The van der Waals surface area contributed by atoms with Gasteiger partial charge in [-0.05, 0) is 29.4 Å². The molecule has 1 rings (SSSR count). The van der Waals surface area contributed by atoms with Crippen LogP contribution in [0.15, 0.2) is 17.7 Å². The number of allylic oxidation sites excluding steroid dienone is 4. The van der Waals surface area contributed by atoms with Crippen molar-refractivity contribution in [2.45, 2.75) is 34.1 Å². The van der Waals surface area contributed by atoms with E-state index in [1.165, 1.54) is 12.0 Å². The van der Waals surface area contributed by atoms with Crippen molar-refractivity contribution in [2.75, 3.05) is 0 Å². The quantitative estimate of drug-likeness (QED) is 0.564. The van der Waals surface area contributed by atoms with E-state index in [1.807, 2.05) is 0 Å². The molecule has 0 nitrogen and oxygen atoms in total. The minimum atomic E-state index is 0.345. The van der Waals surface area contributed by atoms with Crippen molar-refractivity contribution >= 4 is 0 Å². The van der Waals surface area contributed by atoms with Crippen LogP contribution in [0.1, 0.15) is 34.1 Å². The molecule has 0 fully saturated rings. The summed E-state index contributed by atoms with van der Waals surface area (Å²) in [5.74, 6) is 0.524. The summed E-state index contributed by atoms with van der Waals surface area (Å²) < 4.78 is 0. The Hall–Kier alpha value is -0.520. The number of rotatable bonds is 2. The van der Waals surface area contributed by atoms with Crippen LogP contribution in [0.25, 0.3) is 0 Å². The maximum Gasteiger partial charge on any atom is -0.000136 e. The van der Waals surface area contributed by atoms with Crippen LogP contribution in [0.2, 0.25) is 0 Å². The third-order valence-corrected chi connectivity index (χ3v) is 2.60. The van der Waals surface area contributed by atoms with Gasteiger partial charge >= 0.3 is 0 Å². The van der Waals surface area contributed by atoms with E-state index < -0.39 is 0 Å². The number of hydrogen-bond acceptors (Lipinski definition) is 0. The van der Waals surface area contributed by atoms with Crippen LogP contribution in [0, 0.1) is 17.4 Å². The van der Waals surface area contributed by atoms with E-state index in [1.54, 1.807) is 0 Å². The SMILES string of the molecule is CCC(C)(C)C1=CC(C)[C]=C1. The molecule has 0 saturated carbocycles. The van der Waals surface area contributed by atoms with Gasteiger partial charge in [-0.2, -0.15) is 0 Å². The monoisotopic (exact) mass is 149 g/mol. The lowest BCUT2D eigenvalue weighted by Gasteiger charge is -2.23. The van der Waals surface area contributed by atoms with Gasteiger partial charge < -0.3 is 0 Å². The summed E-state index contributed by atoms with van der Waals surface area (Å²) in [4.78, 5) is 0. The lowest BCUT2D eigenvalue weighted by molar-refractivity contribution is 0.439. The third-order valence-electron chi connectivity index (χ3n) is 2.60. The highest BCUT2D eigenvalue weighted by molar-refractivity contribution is 5.30. The normalized spacial score (nSPS) is 24.0. The molecule has 61 valence electrons. The molecule has 0 spiro atoms. The van der Waals surface area contributed by atoms with E-state index in [2.05, 4.69) is 45.9 Å². The summed E-state index contributed by atoms with van der Waals surface area (Å²) in [7, 11) is 0. The highest BCUT2D eigenvalue weighted by Crippen LogP contribution is 2.34. The summed E-state index contributed by atoms with van der Waals surface area (Å²) in [6.07, 6.45) is 8.95. The van der Waals surface area contributed by atoms with Crippen molar-refractivity contribution < 1.29 is 0 Å². The van der Waals surface area contributed by atoms with Gasteiger partial charge in [0.05, 0.1) is 0 Å². The Morgan fingerprint density at radius 2 is 2.18 bits per heavy atom. The Kier molecular flexibility index (Phi) is 2.22. The van der Waals surface area contributed by atoms with E-state index in [0.29, 0.717) is 11.3 Å². The van der Waals surface area contributed by atoms with Crippen LogP contribution in [0.5, 0.6) is 0 Å². The Morgan fingerprint density at radius 3 is 2.55 bits per heavy atom. The minimum Gasteiger partial charge on any atom is -0.0735 e. The fourth-order valence-electron chi connectivity index (χ4n) is 1.21. The van der Waals surface area contributed by atoms with Crippen LogP contribution in [-0.2, 0) is 0 Å². The smallest absolute Gasteiger partial charge is 0.000136 e. The van der Waals surface area contributed by atoms with Crippen LogP contribution in [0.4, 0.5) is 0 Å². The summed E-state index contributed by atoms with van der Waals surface area (Å²) in [5.41, 5.74) is 1.80. The molecule has 0 heterocycles. The maximum absolute atomic E-state index is 3.29. The van der Waals surface area contributed by atoms with Crippen LogP contribution >= 0.6 is 0 Å². The van der Waals surface area contributed by atoms with Crippen LogP contribution < -0.4 is 0 Å². The van der Waals surface area contributed by atoms with Gasteiger partial charge in [-0.1, -0.05) is 39.8 Å². The fraction of sp³-hybridized carbons (Fsp3) is 0.636. The lowest BCUT2D eigenvalue weighted by atomic mass is 9.82. The second-order valence-electron chi connectivity index (χ2n) is 3.96. The zero-order valence-corrected chi connectivity index (χ0v) is 7.94. The molecule has 0 amide bonds. The van der Waals surface area contributed by atoms with Gasteiger partial charge in [0.15, 0.2) is 0 Å². The average Bonchev–Trinajstić information content (AvgIpc) is 2.36. The van der Waals surface area contributed by atoms with Crippen molar-refractivity contribution in [3.05, 3.63) is 23.8 Å². The minimum absolute atomic E-state index is 0.345. The lowest BCUT2D eigenvalue weighted by Crippen LogP contribution is -2.10. The Morgan fingerprint density at radius 1 is 1.55 bits per heavy atom. The molecule has 0 N–H and O–H groups in total. The predicted octanol–water partition coefficient (Wildman–Crippen LogP) is 3.36. The second-order valence-corrected chi connectivity index (χ2v) is 3.96. The first-order chi connectivity index (χ1) is 5.06. The molecule has 0 heteroatoms. The van der Waals surface area contributed by atoms with Gasteiger partial charge in [-0.25, -0.2) is 0 Å². The molecule has 1 unspecified atom stereocenters. The van der Waals surface area contributed by atoms with Gasteiger partial charge in [-0.15, -0.1) is 0 Å². The predicted molar refractivity (Wildman–Crippen MR) is 49.1 cm³/mol. The van der Waals surface area contributed by atoms with Crippen LogP contribution in [0.3, 0.4) is 0 Å². The first-order valence-electron chi connectivity index (χ1n) is 4.38. The zero-order chi connectivity index (χ0) is 8.48. The zero-order valence-electron chi connectivity index (χ0n) is 7.94. The van der Waals surface area contributed by atoms with Gasteiger partial charge in [0, 0.05) is 0 Å². The molecule has 1 radical (unpaired) electrons. The van der Waals surface area contributed by atoms with Crippen molar-refractivity contribution in [3.8, 4) is 0 Å². The van der Waals surface area contributed by atoms with Crippen molar-refractivity contribution in [3.63, 3.8) is 0 Å². The summed E-state index contributed by atoms with van der Waals surface area (Å²) in [5, 5.41) is 0. The molecule has 0 aromatic carbocycles. The van der Waals surface area contributed by atoms with E-state index in [9.17, 15) is 0 Å². The molecule has 1 atom stereocenters. The van der Waals surface area contributed by atoms with Crippen molar-refractivity contribution in [1.29, 1.82) is 0 Å². The van der Waals surface area contributed by atoms with E-state index >= 15 is 0 Å². The molecule has 0 bridgehead atoms. The topological polar surface area (TPSA) is 0 Å². The molecular formula is C11H17. The Bertz CT molecular complexity index is 194. The summed E-state index contributed by atoms with van der Waals surface area (Å²) in [6, 6.07) is 0. The van der Waals surface area contributed by atoms with Crippen molar-refractivity contribution in [2.24, 2.45) is 11.3 Å². The molecule has 0 aliphatic heterocycles. The maximum atomic E-state index is 3.29. The van der Waals surface area contributed by atoms with Gasteiger partial charge in [-0.3, -0.25) is 0 Å². The molecule has 0 aromatic heterocycles. The molecule has 11 heavy (non-hydrogen) atoms. The molecule has 1 aliphatic rings. The fourth-order valence-corrected chi connectivity index (χ4v) is 1.21. The summed E-state index contributed by atoms with van der Waals surface area (Å²) in [6.45, 7) is 8.98. The van der Waals surface area contributed by atoms with Gasteiger partial charge in [0.25, 0.3) is 0 Å². The summed E-state index contributed by atoms with van der Waals surface area (Å²) >= 11 is 0. The molecular weight excluding hydrogens is 132 g/mol. The van der Waals surface area contributed by atoms with Gasteiger partial charge in [0.1, 0.15) is 0 Å². The third kappa shape index (κ3) is 1.74. The number of hydrogen-bond donors (Lipinski definition) is 0. The second kappa shape index (κ2) is 2.84. The van der Waals surface area contributed by atoms with Crippen LogP contribution in [-0.4, -0.2) is 0 Å². The first-order valence-corrected chi connectivity index (χ1v) is 4.38. The standard InChI is InChI=1S/C11H17/c1-5-11(3,4)10-7-6-9(2)8-10/h7-9H,5H2,1-4H3. The highest BCUT2D eigenvalue weighted by Gasteiger charge is 2.21. The Labute approximate surface area is 70.0 Å². The van der Waals surface area contributed by atoms with E-state index in [-0.39, 0.29) is 0 Å². The first kappa shape index (κ1) is 8.58.